The first-order valence-electron chi connectivity index (χ1n) is 8.34. The summed E-state index contributed by atoms with van der Waals surface area (Å²) in [6.45, 7) is 14.0. The summed E-state index contributed by atoms with van der Waals surface area (Å²) in [5.41, 5.74) is 0. The highest BCUT2D eigenvalue weighted by Gasteiger charge is 2.43. The zero-order valence-corrected chi connectivity index (χ0v) is 16.0. The van der Waals surface area contributed by atoms with Crippen molar-refractivity contribution in [1.29, 1.82) is 0 Å². The van der Waals surface area contributed by atoms with E-state index in [0.717, 1.165) is 12.8 Å². The Labute approximate surface area is 136 Å². The second-order valence-corrected chi connectivity index (χ2v) is 12.4. The highest BCUT2D eigenvalue weighted by Crippen LogP contribution is 2.38. The molecule has 0 spiro atoms. The van der Waals surface area contributed by atoms with E-state index < -0.39 is 8.32 Å². The maximum absolute atomic E-state index is 12.1. The summed E-state index contributed by atoms with van der Waals surface area (Å²) in [6, 6.07) is -0.191. The lowest BCUT2D eigenvalue weighted by Gasteiger charge is -2.38. The predicted molar refractivity (Wildman–Crippen MR) is 90.5 cm³/mol. The van der Waals surface area contributed by atoms with E-state index in [1.807, 2.05) is 0 Å². The second-order valence-electron chi connectivity index (χ2n) is 7.69. The van der Waals surface area contributed by atoms with Crippen molar-refractivity contribution in [3.63, 3.8) is 0 Å². The van der Waals surface area contributed by atoms with E-state index in [-0.39, 0.29) is 29.9 Å². The van der Waals surface area contributed by atoms with Crippen molar-refractivity contribution in [3.8, 4) is 0 Å². The molecule has 0 aromatic carbocycles. The molecule has 1 saturated heterocycles. The summed E-state index contributed by atoms with van der Waals surface area (Å²) in [5.74, 6) is 0. The lowest BCUT2D eigenvalue weighted by molar-refractivity contribution is 0.0816. The van der Waals surface area contributed by atoms with E-state index in [1.165, 1.54) is 0 Å². The lowest BCUT2D eigenvalue weighted by atomic mass is 10.2. The van der Waals surface area contributed by atoms with Crippen LogP contribution in [0.3, 0.4) is 0 Å². The van der Waals surface area contributed by atoms with Crippen LogP contribution in [0.4, 0.5) is 4.79 Å². The van der Waals surface area contributed by atoms with Crippen LogP contribution in [0.25, 0.3) is 0 Å². The summed E-state index contributed by atoms with van der Waals surface area (Å²) in [7, 11) is -1.87. The molecule has 6 heteroatoms. The van der Waals surface area contributed by atoms with Crippen molar-refractivity contribution in [2.45, 2.75) is 77.2 Å². The van der Waals surface area contributed by atoms with Crippen LogP contribution in [0.5, 0.6) is 0 Å². The van der Waals surface area contributed by atoms with Crippen molar-refractivity contribution in [2.24, 2.45) is 0 Å². The largest absolute Gasteiger partial charge is 0.449 e. The minimum atomic E-state index is -1.87. The molecule has 0 aromatic rings. The van der Waals surface area contributed by atoms with Gasteiger partial charge in [0.15, 0.2) is 8.32 Å². The van der Waals surface area contributed by atoms with Gasteiger partial charge in [0.25, 0.3) is 0 Å². The third-order valence-electron chi connectivity index (χ3n) is 4.81. The number of aliphatic hydroxyl groups excluding tert-OH is 1. The van der Waals surface area contributed by atoms with E-state index in [9.17, 15) is 9.90 Å². The molecule has 1 aliphatic heterocycles. The first-order chi connectivity index (χ1) is 10.1. The van der Waals surface area contributed by atoms with Gasteiger partial charge in [-0.1, -0.05) is 34.1 Å². The Hall–Kier alpha value is -0.593. The zero-order chi connectivity index (χ0) is 17.0. The number of aliphatic hydroxyl groups is 1. The van der Waals surface area contributed by atoms with Gasteiger partial charge in [0, 0.05) is 6.54 Å². The van der Waals surface area contributed by atoms with Gasteiger partial charge in [-0.05, 0) is 31.0 Å². The number of amides is 1. The van der Waals surface area contributed by atoms with Crippen LogP contribution in [-0.2, 0) is 9.16 Å². The average Bonchev–Trinajstić information content (AvgIpc) is 2.80. The van der Waals surface area contributed by atoms with E-state index in [0.29, 0.717) is 19.6 Å². The van der Waals surface area contributed by atoms with Gasteiger partial charge < -0.3 is 19.2 Å². The number of hydrogen-bond donors (Lipinski definition) is 1. The standard InChI is InChI=1S/C16H33NO4Si/c1-7-8-9-20-15(19)17-11-14(10-13(17)12-18)21-22(5,6)16(2,3)4/h13-14,18H,7-12H2,1-6H3. The van der Waals surface area contributed by atoms with Crippen LogP contribution < -0.4 is 0 Å². The molecule has 130 valence electrons. The number of nitrogens with zero attached hydrogens (tertiary/aromatic N) is 1. The summed E-state index contributed by atoms with van der Waals surface area (Å²) in [6.07, 6.45) is 2.22. The normalized spacial score (nSPS) is 23.0. The Kier molecular flexibility index (Phi) is 6.89. The number of unbranched alkanes of at least 4 members (excludes halogenated alkanes) is 1. The smallest absolute Gasteiger partial charge is 0.410 e. The molecule has 1 amide bonds. The number of carbonyl (C=O) groups is 1. The number of hydrogen-bond acceptors (Lipinski definition) is 4. The highest BCUT2D eigenvalue weighted by atomic mass is 28.4. The maximum Gasteiger partial charge on any atom is 0.410 e. The van der Waals surface area contributed by atoms with Gasteiger partial charge >= 0.3 is 6.09 Å². The fourth-order valence-electron chi connectivity index (χ4n) is 2.34. The van der Waals surface area contributed by atoms with Gasteiger partial charge in [-0.3, -0.25) is 0 Å². The first kappa shape index (κ1) is 19.5. The SMILES string of the molecule is CCCCOC(=O)N1CC(O[Si](C)(C)C(C)(C)C)CC1CO. The Morgan fingerprint density at radius 2 is 2.00 bits per heavy atom. The molecule has 1 fully saturated rings. The summed E-state index contributed by atoms with van der Waals surface area (Å²) in [4.78, 5) is 13.8. The molecule has 1 N–H and O–H groups in total. The Balaban J connectivity index is 2.63. The fourth-order valence-corrected chi connectivity index (χ4v) is 3.69. The van der Waals surface area contributed by atoms with Crippen LogP contribution in [0.1, 0.15) is 47.0 Å². The van der Waals surface area contributed by atoms with Crippen molar-refractivity contribution < 1.29 is 19.1 Å². The van der Waals surface area contributed by atoms with Crippen LogP contribution in [0.15, 0.2) is 0 Å². The monoisotopic (exact) mass is 331 g/mol. The van der Waals surface area contributed by atoms with Gasteiger partial charge in [-0.15, -0.1) is 0 Å². The van der Waals surface area contributed by atoms with E-state index in [4.69, 9.17) is 9.16 Å². The van der Waals surface area contributed by atoms with Crippen molar-refractivity contribution >= 4 is 14.4 Å². The Bertz CT molecular complexity index is 368. The molecular weight excluding hydrogens is 298 g/mol. The average molecular weight is 332 g/mol. The minimum absolute atomic E-state index is 0.00299. The molecule has 0 aliphatic carbocycles. The molecule has 0 bridgehead atoms. The van der Waals surface area contributed by atoms with Gasteiger partial charge in [-0.2, -0.15) is 0 Å². The maximum atomic E-state index is 12.1. The number of rotatable bonds is 6. The molecule has 2 unspecified atom stereocenters. The van der Waals surface area contributed by atoms with Gasteiger partial charge in [0.05, 0.1) is 25.4 Å². The van der Waals surface area contributed by atoms with Crippen molar-refractivity contribution in [1.82, 2.24) is 4.90 Å². The quantitative estimate of drug-likeness (QED) is 0.599. The van der Waals surface area contributed by atoms with Crippen LogP contribution in [-0.4, -0.2) is 56.3 Å². The molecule has 1 heterocycles. The van der Waals surface area contributed by atoms with E-state index >= 15 is 0 Å². The highest BCUT2D eigenvalue weighted by molar-refractivity contribution is 6.74. The third-order valence-corrected chi connectivity index (χ3v) is 9.35. The van der Waals surface area contributed by atoms with Crippen LogP contribution in [0.2, 0.25) is 18.1 Å². The van der Waals surface area contributed by atoms with Gasteiger partial charge in [0.2, 0.25) is 0 Å². The predicted octanol–water partition coefficient (Wildman–Crippen LogP) is 3.38. The van der Waals surface area contributed by atoms with Gasteiger partial charge in [0.1, 0.15) is 0 Å². The van der Waals surface area contributed by atoms with Crippen molar-refractivity contribution in [2.75, 3.05) is 19.8 Å². The Morgan fingerprint density at radius 1 is 1.36 bits per heavy atom. The molecule has 1 rings (SSSR count). The lowest BCUT2D eigenvalue weighted by Crippen LogP contribution is -2.45. The summed E-state index contributed by atoms with van der Waals surface area (Å²) in [5, 5.41) is 9.67. The van der Waals surface area contributed by atoms with Crippen LogP contribution in [0, 0.1) is 0 Å². The molecule has 0 radical (unpaired) electrons. The molecule has 2 atom stereocenters. The zero-order valence-electron chi connectivity index (χ0n) is 15.0. The second kappa shape index (κ2) is 7.79. The number of ether oxygens (including phenoxy) is 1. The molecule has 0 aromatic heterocycles. The molecule has 5 nitrogen and oxygen atoms in total. The molecule has 22 heavy (non-hydrogen) atoms. The summed E-state index contributed by atoms with van der Waals surface area (Å²) < 4.78 is 11.7. The van der Waals surface area contributed by atoms with E-state index in [2.05, 4.69) is 40.8 Å². The minimum Gasteiger partial charge on any atom is -0.449 e. The number of likely N-dealkylation sites (tertiary alicyclic amines) is 1. The fraction of sp³-hybridized carbons (Fsp3) is 0.938. The first-order valence-corrected chi connectivity index (χ1v) is 11.2. The van der Waals surface area contributed by atoms with Crippen molar-refractivity contribution in [3.05, 3.63) is 0 Å². The number of carbonyl (C=O) groups excluding carboxylic acids is 1. The third kappa shape index (κ3) is 4.96. The van der Waals surface area contributed by atoms with Gasteiger partial charge in [-0.25, -0.2) is 4.79 Å². The topological polar surface area (TPSA) is 59.0 Å². The molecule has 0 saturated carbocycles. The summed E-state index contributed by atoms with van der Waals surface area (Å²) >= 11 is 0. The van der Waals surface area contributed by atoms with E-state index in [1.54, 1.807) is 4.90 Å². The molecular formula is C16H33NO4Si. The Morgan fingerprint density at radius 3 is 2.50 bits per heavy atom. The van der Waals surface area contributed by atoms with Crippen LogP contribution >= 0.6 is 0 Å². The molecule has 1 aliphatic rings.